The first-order chi connectivity index (χ1) is 13.6. The molecule has 0 aliphatic rings. The van der Waals surface area contributed by atoms with Crippen LogP contribution in [0.1, 0.15) is 12.5 Å². The van der Waals surface area contributed by atoms with Gasteiger partial charge in [0.05, 0.1) is 6.61 Å². The first kappa shape index (κ1) is 20.7. The minimum absolute atomic E-state index is 0.205. The Hall–Kier alpha value is -3.61. The second-order valence-electron chi connectivity index (χ2n) is 5.54. The van der Waals surface area contributed by atoms with Crippen LogP contribution in [0.3, 0.4) is 0 Å². The molecule has 0 saturated heterocycles. The van der Waals surface area contributed by atoms with Gasteiger partial charge in [-0.3, -0.25) is 4.79 Å². The zero-order valence-corrected chi connectivity index (χ0v) is 15.4. The number of esters is 2. The highest BCUT2D eigenvalue weighted by atomic mass is 16.5. The lowest BCUT2D eigenvalue weighted by atomic mass is 10.2. The van der Waals surface area contributed by atoms with E-state index in [0.29, 0.717) is 18.0 Å². The number of rotatable bonds is 9. The summed E-state index contributed by atoms with van der Waals surface area (Å²) in [6, 6.07) is 16.6. The Balaban J connectivity index is 1.73. The van der Waals surface area contributed by atoms with E-state index in [1.807, 2.05) is 30.3 Å². The molecule has 0 bridgehead atoms. The molecule has 0 heterocycles. The Kier molecular flexibility index (Phi) is 8.26. The van der Waals surface area contributed by atoms with Gasteiger partial charge >= 0.3 is 11.9 Å². The number of carbonyl (C=O) groups is 3. The molecule has 1 N–H and O–H groups in total. The van der Waals surface area contributed by atoms with Crippen LogP contribution in [0, 0.1) is 0 Å². The predicted octanol–water partition coefficient (Wildman–Crippen LogP) is 2.87. The van der Waals surface area contributed by atoms with Gasteiger partial charge in [0.15, 0.2) is 6.61 Å². The van der Waals surface area contributed by atoms with Crippen LogP contribution in [-0.2, 0) is 30.5 Å². The summed E-state index contributed by atoms with van der Waals surface area (Å²) in [6.07, 6.45) is 1.85. The van der Waals surface area contributed by atoms with Crippen molar-refractivity contribution in [1.29, 1.82) is 0 Å². The molecule has 2 aromatic carbocycles. The molecule has 0 aliphatic heterocycles. The van der Waals surface area contributed by atoms with E-state index < -0.39 is 24.5 Å². The molecule has 2 rings (SSSR count). The molecule has 1 amide bonds. The van der Waals surface area contributed by atoms with Crippen molar-refractivity contribution in [3.8, 4) is 5.75 Å². The van der Waals surface area contributed by atoms with Crippen LogP contribution >= 0.6 is 0 Å². The average Bonchev–Trinajstić information content (AvgIpc) is 2.71. The van der Waals surface area contributed by atoms with Crippen molar-refractivity contribution in [3.05, 3.63) is 72.3 Å². The fraction of sp³-hybridized carbons (Fsp3) is 0.190. The van der Waals surface area contributed by atoms with Gasteiger partial charge in [0.2, 0.25) is 0 Å². The van der Waals surface area contributed by atoms with Gasteiger partial charge in [-0.2, -0.15) is 0 Å². The van der Waals surface area contributed by atoms with E-state index in [-0.39, 0.29) is 6.61 Å². The third-order valence-corrected chi connectivity index (χ3v) is 3.37. The van der Waals surface area contributed by atoms with E-state index in [1.165, 1.54) is 0 Å². The van der Waals surface area contributed by atoms with Crippen molar-refractivity contribution in [2.24, 2.45) is 0 Å². The second kappa shape index (κ2) is 11.2. The number of hydrogen-bond acceptors (Lipinski definition) is 6. The maximum absolute atomic E-state index is 11.8. The van der Waals surface area contributed by atoms with Crippen LogP contribution in [0.4, 0.5) is 5.69 Å². The van der Waals surface area contributed by atoms with Crippen molar-refractivity contribution in [3.63, 3.8) is 0 Å². The minimum atomic E-state index is -0.812. The van der Waals surface area contributed by atoms with E-state index in [2.05, 4.69) is 10.1 Å². The fourth-order valence-corrected chi connectivity index (χ4v) is 2.08. The molecule has 0 radical (unpaired) electrons. The van der Waals surface area contributed by atoms with Crippen molar-refractivity contribution < 1.29 is 28.6 Å². The van der Waals surface area contributed by atoms with Crippen molar-refractivity contribution >= 4 is 23.5 Å². The van der Waals surface area contributed by atoms with E-state index in [4.69, 9.17) is 9.47 Å². The van der Waals surface area contributed by atoms with E-state index >= 15 is 0 Å². The van der Waals surface area contributed by atoms with E-state index in [0.717, 1.165) is 17.7 Å². The van der Waals surface area contributed by atoms with E-state index in [1.54, 1.807) is 31.2 Å². The summed E-state index contributed by atoms with van der Waals surface area (Å²) >= 11 is 0. The van der Waals surface area contributed by atoms with Gasteiger partial charge < -0.3 is 19.5 Å². The highest BCUT2D eigenvalue weighted by Crippen LogP contribution is 2.17. The SMILES string of the molecule is CCOC(=O)/C=C/C(=O)OCC(=O)Nc1ccc(OCc2ccccc2)cc1. The Morgan fingerprint density at radius 3 is 2.18 bits per heavy atom. The molecule has 2 aromatic rings. The number of amides is 1. The van der Waals surface area contributed by atoms with Gasteiger partial charge in [0, 0.05) is 17.8 Å². The zero-order valence-electron chi connectivity index (χ0n) is 15.4. The predicted molar refractivity (Wildman–Crippen MR) is 103 cm³/mol. The van der Waals surface area contributed by atoms with Crippen LogP contribution in [-0.4, -0.2) is 31.1 Å². The lowest BCUT2D eigenvalue weighted by Gasteiger charge is -2.08. The highest BCUT2D eigenvalue weighted by Gasteiger charge is 2.07. The first-order valence-electron chi connectivity index (χ1n) is 8.65. The fourth-order valence-electron chi connectivity index (χ4n) is 2.08. The Morgan fingerprint density at radius 1 is 0.893 bits per heavy atom. The number of ether oxygens (including phenoxy) is 3. The maximum atomic E-state index is 11.8. The summed E-state index contributed by atoms with van der Waals surface area (Å²) < 4.78 is 15.0. The number of carbonyl (C=O) groups excluding carboxylic acids is 3. The number of benzene rings is 2. The Labute approximate surface area is 162 Å². The smallest absolute Gasteiger partial charge is 0.331 e. The highest BCUT2D eigenvalue weighted by molar-refractivity contribution is 5.95. The van der Waals surface area contributed by atoms with Crippen LogP contribution in [0.25, 0.3) is 0 Å². The Bertz CT molecular complexity index is 815. The maximum Gasteiger partial charge on any atom is 0.331 e. The molecule has 28 heavy (non-hydrogen) atoms. The monoisotopic (exact) mass is 383 g/mol. The third kappa shape index (κ3) is 7.74. The van der Waals surface area contributed by atoms with Crippen molar-refractivity contribution in [2.75, 3.05) is 18.5 Å². The second-order valence-corrected chi connectivity index (χ2v) is 5.54. The first-order valence-corrected chi connectivity index (χ1v) is 8.65. The molecule has 146 valence electrons. The zero-order chi connectivity index (χ0) is 20.2. The summed E-state index contributed by atoms with van der Waals surface area (Å²) in [5.74, 6) is -1.31. The number of nitrogens with one attached hydrogen (secondary N) is 1. The molecular weight excluding hydrogens is 362 g/mol. The van der Waals surface area contributed by atoms with Gasteiger partial charge in [-0.05, 0) is 36.8 Å². The number of anilines is 1. The normalized spacial score (nSPS) is 10.3. The Morgan fingerprint density at radius 2 is 1.54 bits per heavy atom. The molecular formula is C21H21NO6. The summed E-state index contributed by atoms with van der Waals surface area (Å²) in [4.78, 5) is 34.3. The van der Waals surface area contributed by atoms with Crippen LogP contribution in [0.15, 0.2) is 66.7 Å². The van der Waals surface area contributed by atoms with Gasteiger partial charge in [-0.1, -0.05) is 30.3 Å². The average molecular weight is 383 g/mol. The summed E-state index contributed by atoms with van der Waals surface area (Å²) in [7, 11) is 0. The molecule has 0 aromatic heterocycles. The lowest BCUT2D eigenvalue weighted by molar-refractivity contribution is -0.143. The minimum Gasteiger partial charge on any atom is -0.489 e. The molecule has 0 saturated carbocycles. The quantitative estimate of drug-likeness (QED) is 0.529. The molecule has 0 fully saturated rings. The van der Waals surface area contributed by atoms with Gasteiger partial charge in [0.1, 0.15) is 12.4 Å². The van der Waals surface area contributed by atoms with Crippen LogP contribution in [0.5, 0.6) is 5.75 Å². The third-order valence-electron chi connectivity index (χ3n) is 3.37. The molecule has 0 unspecified atom stereocenters. The van der Waals surface area contributed by atoms with Gasteiger partial charge in [-0.15, -0.1) is 0 Å². The van der Waals surface area contributed by atoms with Gasteiger partial charge in [0.25, 0.3) is 5.91 Å². The molecule has 7 nitrogen and oxygen atoms in total. The van der Waals surface area contributed by atoms with Gasteiger partial charge in [-0.25, -0.2) is 9.59 Å². The topological polar surface area (TPSA) is 90.9 Å². The molecule has 0 spiro atoms. The molecule has 0 aliphatic carbocycles. The largest absolute Gasteiger partial charge is 0.489 e. The van der Waals surface area contributed by atoms with Crippen molar-refractivity contribution in [2.45, 2.75) is 13.5 Å². The summed E-state index contributed by atoms with van der Waals surface area (Å²) in [6.45, 7) is 1.83. The van der Waals surface area contributed by atoms with Crippen LogP contribution < -0.4 is 10.1 Å². The summed E-state index contributed by atoms with van der Waals surface area (Å²) in [5, 5.41) is 2.60. The molecule has 0 atom stereocenters. The van der Waals surface area contributed by atoms with E-state index in [9.17, 15) is 14.4 Å². The number of hydrogen-bond donors (Lipinski definition) is 1. The van der Waals surface area contributed by atoms with Crippen LogP contribution in [0.2, 0.25) is 0 Å². The lowest BCUT2D eigenvalue weighted by Crippen LogP contribution is -2.20. The summed E-state index contributed by atoms with van der Waals surface area (Å²) in [5.41, 5.74) is 1.59. The van der Waals surface area contributed by atoms with Crippen molar-refractivity contribution in [1.82, 2.24) is 0 Å². The standard InChI is InChI=1S/C21H21NO6/c1-2-26-20(24)12-13-21(25)28-15-19(23)22-17-8-10-18(11-9-17)27-14-16-6-4-3-5-7-16/h3-13H,2,14-15H2,1H3,(H,22,23)/b13-12+. The molecule has 7 heteroatoms.